The zero-order valence-electron chi connectivity index (χ0n) is 11.0. The average molecular weight is 244 g/mol. The molecular weight excluding hydrogens is 220 g/mol. The fraction of sp³-hybridized carbons (Fsp3) is 0.917. The van der Waals surface area contributed by atoms with Crippen LogP contribution in [0.4, 0.5) is 0 Å². The van der Waals surface area contributed by atoms with Crippen LogP contribution < -0.4 is 5.73 Å². The Morgan fingerprint density at radius 3 is 2.82 bits per heavy atom. The van der Waals surface area contributed by atoms with E-state index < -0.39 is 11.6 Å². The van der Waals surface area contributed by atoms with Crippen LogP contribution in [0, 0.1) is 0 Å². The molecule has 1 heterocycles. The van der Waals surface area contributed by atoms with Gasteiger partial charge in [0.2, 0.25) is 5.91 Å². The summed E-state index contributed by atoms with van der Waals surface area (Å²) in [7, 11) is 0. The van der Waals surface area contributed by atoms with E-state index in [9.17, 15) is 9.90 Å². The summed E-state index contributed by atoms with van der Waals surface area (Å²) in [6, 6.07) is -0.437. The third kappa shape index (κ3) is 3.94. The maximum Gasteiger partial charge on any atom is 0.239 e. The van der Waals surface area contributed by atoms with Crippen molar-refractivity contribution in [2.24, 2.45) is 5.73 Å². The topological polar surface area (TPSA) is 75.8 Å². The molecule has 0 radical (unpaired) electrons. The molecule has 3 N–H and O–H groups in total. The van der Waals surface area contributed by atoms with Crippen LogP contribution in [0.2, 0.25) is 0 Å². The van der Waals surface area contributed by atoms with Crippen molar-refractivity contribution < 1.29 is 14.6 Å². The van der Waals surface area contributed by atoms with E-state index in [0.717, 1.165) is 6.42 Å². The summed E-state index contributed by atoms with van der Waals surface area (Å²) in [6.07, 6.45) is 1.28. The SMILES string of the molecule is CCC[C@H](N)C(=O)N1CC(CO)OC(C)(C)C1. The molecule has 0 aliphatic carbocycles. The Labute approximate surface area is 103 Å². The van der Waals surface area contributed by atoms with Crippen molar-refractivity contribution in [1.29, 1.82) is 0 Å². The molecule has 1 saturated heterocycles. The number of nitrogens with two attached hydrogens (primary N) is 1. The maximum absolute atomic E-state index is 12.1. The molecule has 100 valence electrons. The number of amides is 1. The molecule has 1 fully saturated rings. The van der Waals surface area contributed by atoms with Crippen LogP contribution in [0.5, 0.6) is 0 Å². The van der Waals surface area contributed by atoms with Gasteiger partial charge in [0.05, 0.1) is 24.4 Å². The summed E-state index contributed by atoms with van der Waals surface area (Å²) < 4.78 is 5.66. The van der Waals surface area contributed by atoms with E-state index in [4.69, 9.17) is 10.5 Å². The van der Waals surface area contributed by atoms with Gasteiger partial charge < -0.3 is 20.5 Å². The lowest BCUT2D eigenvalue weighted by Gasteiger charge is -2.43. The second kappa shape index (κ2) is 5.80. The van der Waals surface area contributed by atoms with Gasteiger partial charge in [-0.2, -0.15) is 0 Å². The largest absolute Gasteiger partial charge is 0.394 e. The molecule has 0 bridgehead atoms. The maximum atomic E-state index is 12.1. The lowest BCUT2D eigenvalue weighted by atomic mass is 10.0. The molecule has 5 heteroatoms. The van der Waals surface area contributed by atoms with E-state index in [0.29, 0.717) is 19.5 Å². The number of morpholine rings is 1. The van der Waals surface area contributed by atoms with Crippen LogP contribution in [-0.4, -0.2) is 53.4 Å². The van der Waals surface area contributed by atoms with Gasteiger partial charge in [-0.15, -0.1) is 0 Å². The summed E-state index contributed by atoms with van der Waals surface area (Å²) in [6.45, 7) is 6.72. The Bertz CT molecular complexity index is 268. The van der Waals surface area contributed by atoms with Gasteiger partial charge in [0.25, 0.3) is 0 Å². The van der Waals surface area contributed by atoms with Crippen molar-refractivity contribution >= 4 is 5.91 Å². The van der Waals surface area contributed by atoms with E-state index in [1.165, 1.54) is 0 Å². The van der Waals surface area contributed by atoms with Crippen LogP contribution >= 0.6 is 0 Å². The highest BCUT2D eigenvalue weighted by Crippen LogP contribution is 2.21. The molecule has 0 saturated carbocycles. The van der Waals surface area contributed by atoms with E-state index >= 15 is 0 Å². The van der Waals surface area contributed by atoms with Gasteiger partial charge >= 0.3 is 0 Å². The monoisotopic (exact) mass is 244 g/mol. The molecule has 0 spiro atoms. The predicted octanol–water partition coefficient (Wildman–Crippen LogP) is 0.112. The second-order valence-corrected chi connectivity index (χ2v) is 5.30. The molecule has 0 aromatic heterocycles. The number of ether oxygens (including phenoxy) is 1. The predicted molar refractivity (Wildman–Crippen MR) is 65.5 cm³/mol. The molecular formula is C12H24N2O3. The van der Waals surface area contributed by atoms with Crippen LogP contribution in [0.25, 0.3) is 0 Å². The van der Waals surface area contributed by atoms with Crippen molar-refractivity contribution in [1.82, 2.24) is 4.90 Å². The number of rotatable bonds is 4. The van der Waals surface area contributed by atoms with Crippen LogP contribution in [-0.2, 0) is 9.53 Å². The first-order chi connectivity index (χ1) is 7.89. The quantitative estimate of drug-likeness (QED) is 0.736. The number of aliphatic hydroxyl groups excluding tert-OH is 1. The normalized spacial score (nSPS) is 25.7. The third-order valence-corrected chi connectivity index (χ3v) is 2.91. The number of carbonyl (C=O) groups is 1. The van der Waals surface area contributed by atoms with Gasteiger partial charge in [0.1, 0.15) is 0 Å². The smallest absolute Gasteiger partial charge is 0.239 e. The fourth-order valence-electron chi connectivity index (χ4n) is 2.23. The lowest BCUT2D eigenvalue weighted by molar-refractivity contribution is -0.167. The van der Waals surface area contributed by atoms with Crippen LogP contribution in [0.1, 0.15) is 33.6 Å². The number of hydrogen-bond donors (Lipinski definition) is 2. The Hall–Kier alpha value is -0.650. The number of carbonyl (C=O) groups excluding carboxylic acids is 1. The van der Waals surface area contributed by atoms with E-state index in [-0.39, 0.29) is 18.6 Å². The van der Waals surface area contributed by atoms with Gasteiger partial charge in [-0.05, 0) is 20.3 Å². The standard InChI is InChI=1S/C12H24N2O3/c1-4-5-10(13)11(16)14-6-9(7-15)17-12(2,3)8-14/h9-10,15H,4-8,13H2,1-3H3/t9?,10-/m0/s1. The summed E-state index contributed by atoms with van der Waals surface area (Å²) in [5, 5.41) is 9.17. The van der Waals surface area contributed by atoms with Crippen molar-refractivity contribution in [2.45, 2.75) is 51.4 Å². The fourth-order valence-corrected chi connectivity index (χ4v) is 2.23. The highest BCUT2D eigenvalue weighted by Gasteiger charge is 2.36. The number of aliphatic hydroxyl groups is 1. The van der Waals surface area contributed by atoms with Crippen LogP contribution in [0.3, 0.4) is 0 Å². The Morgan fingerprint density at radius 1 is 1.65 bits per heavy atom. The Morgan fingerprint density at radius 2 is 2.29 bits per heavy atom. The van der Waals surface area contributed by atoms with Crippen molar-refractivity contribution in [3.8, 4) is 0 Å². The molecule has 1 amide bonds. The Kier molecular flexibility index (Phi) is 4.91. The summed E-state index contributed by atoms with van der Waals surface area (Å²) >= 11 is 0. The van der Waals surface area contributed by atoms with Crippen molar-refractivity contribution in [3.05, 3.63) is 0 Å². The van der Waals surface area contributed by atoms with E-state index in [1.807, 2.05) is 20.8 Å². The van der Waals surface area contributed by atoms with Gasteiger partial charge in [-0.1, -0.05) is 13.3 Å². The summed E-state index contributed by atoms with van der Waals surface area (Å²) in [5.41, 5.74) is 5.42. The van der Waals surface area contributed by atoms with E-state index in [1.54, 1.807) is 4.90 Å². The third-order valence-electron chi connectivity index (χ3n) is 2.91. The van der Waals surface area contributed by atoms with Gasteiger partial charge in [-0.3, -0.25) is 4.79 Å². The molecule has 0 aromatic rings. The highest BCUT2D eigenvalue weighted by molar-refractivity contribution is 5.81. The van der Waals surface area contributed by atoms with Crippen molar-refractivity contribution in [2.75, 3.05) is 19.7 Å². The molecule has 1 aliphatic heterocycles. The zero-order chi connectivity index (χ0) is 13.1. The molecule has 5 nitrogen and oxygen atoms in total. The molecule has 2 atom stereocenters. The second-order valence-electron chi connectivity index (χ2n) is 5.30. The molecule has 1 aliphatic rings. The minimum Gasteiger partial charge on any atom is -0.394 e. The summed E-state index contributed by atoms with van der Waals surface area (Å²) in [5.74, 6) is -0.0401. The molecule has 1 rings (SSSR count). The van der Waals surface area contributed by atoms with Crippen LogP contribution in [0.15, 0.2) is 0 Å². The first-order valence-electron chi connectivity index (χ1n) is 6.22. The van der Waals surface area contributed by atoms with Crippen molar-refractivity contribution in [3.63, 3.8) is 0 Å². The average Bonchev–Trinajstić information content (AvgIpc) is 2.26. The first kappa shape index (κ1) is 14.4. The van der Waals surface area contributed by atoms with Gasteiger partial charge in [-0.25, -0.2) is 0 Å². The molecule has 1 unspecified atom stereocenters. The summed E-state index contributed by atoms with van der Waals surface area (Å²) in [4.78, 5) is 13.8. The molecule has 17 heavy (non-hydrogen) atoms. The number of hydrogen-bond acceptors (Lipinski definition) is 4. The molecule has 0 aromatic carbocycles. The minimum absolute atomic E-state index is 0.0401. The first-order valence-corrected chi connectivity index (χ1v) is 6.22. The highest BCUT2D eigenvalue weighted by atomic mass is 16.5. The number of nitrogens with zero attached hydrogens (tertiary/aromatic N) is 1. The minimum atomic E-state index is -0.437. The zero-order valence-corrected chi connectivity index (χ0v) is 11.0. The van der Waals surface area contributed by atoms with E-state index in [2.05, 4.69) is 0 Å². The van der Waals surface area contributed by atoms with Gasteiger partial charge in [0.15, 0.2) is 0 Å². The Balaban J connectivity index is 2.66. The van der Waals surface area contributed by atoms with Gasteiger partial charge in [0, 0.05) is 13.1 Å². The lowest BCUT2D eigenvalue weighted by Crippen LogP contribution is -2.58.